The van der Waals surface area contributed by atoms with Crippen LogP contribution in [0.2, 0.25) is 0 Å². The SMILES string of the molecule is CCOC(=O)C1CCCN(C(=O)CN(C)C(=O)C2CCCN(C(=O)CCOc3ccccc3)C2)C1. The highest BCUT2D eigenvalue weighted by Gasteiger charge is 2.33. The van der Waals surface area contributed by atoms with Gasteiger partial charge in [0.1, 0.15) is 5.75 Å². The van der Waals surface area contributed by atoms with E-state index in [1.54, 1.807) is 23.8 Å². The van der Waals surface area contributed by atoms with Gasteiger partial charge in [0.15, 0.2) is 0 Å². The van der Waals surface area contributed by atoms with Crippen LogP contribution in [0.5, 0.6) is 5.75 Å². The number of benzene rings is 1. The van der Waals surface area contributed by atoms with E-state index in [9.17, 15) is 19.2 Å². The molecule has 2 fully saturated rings. The molecule has 2 aliphatic rings. The zero-order valence-electron chi connectivity index (χ0n) is 20.8. The fourth-order valence-electron chi connectivity index (χ4n) is 4.68. The first kappa shape index (κ1) is 26.5. The number of nitrogens with zero attached hydrogens (tertiary/aromatic N) is 3. The van der Waals surface area contributed by atoms with E-state index in [1.807, 2.05) is 30.3 Å². The minimum absolute atomic E-state index is 0.0320. The van der Waals surface area contributed by atoms with Gasteiger partial charge in [-0.15, -0.1) is 0 Å². The standard InChI is InChI=1S/C26H37N3O6/c1-3-34-26(33)21-10-8-15-29(18-21)24(31)19-27(2)25(32)20-9-7-14-28(17-20)23(30)13-16-35-22-11-5-4-6-12-22/h4-6,11-12,20-21H,3,7-10,13-19H2,1-2H3. The molecule has 2 heterocycles. The average molecular weight is 488 g/mol. The number of para-hydroxylation sites is 1. The smallest absolute Gasteiger partial charge is 0.310 e. The van der Waals surface area contributed by atoms with Gasteiger partial charge < -0.3 is 24.2 Å². The third-order valence-corrected chi connectivity index (χ3v) is 6.59. The molecule has 0 bridgehead atoms. The molecule has 2 atom stereocenters. The summed E-state index contributed by atoms with van der Waals surface area (Å²) in [7, 11) is 1.63. The zero-order chi connectivity index (χ0) is 25.2. The number of ether oxygens (including phenoxy) is 2. The van der Waals surface area contributed by atoms with Crippen molar-refractivity contribution in [2.24, 2.45) is 11.8 Å². The van der Waals surface area contributed by atoms with Crippen molar-refractivity contribution in [2.45, 2.75) is 39.0 Å². The first-order chi connectivity index (χ1) is 16.9. The first-order valence-electron chi connectivity index (χ1n) is 12.5. The number of likely N-dealkylation sites (N-methyl/N-ethyl adjacent to an activating group) is 1. The summed E-state index contributed by atoms with van der Waals surface area (Å²) in [5, 5.41) is 0. The molecule has 0 saturated carbocycles. The van der Waals surface area contributed by atoms with Gasteiger partial charge in [-0.1, -0.05) is 18.2 Å². The number of rotatable bonds is 9. The molecule has 9 heteroatoms. The summed E-state index contributed by atoms with van der Waals surface area (Å²) < 4.78 is 10.7. The highest BCUT2D eigenvalue weighted by atomic mass is 16.5. The monoisotopic (exact) mass is 487 g/mol. The van der Waals surface area contributed by atoms with Gasteiger partial charge in [-0.2, -0.15) is 0 Å². The molecule has 3 amide bonds. The van der Waals surface area contributed by atoms with Gasteiger partial charge >= 0.3 is 5.97 Å². The van der Waals surface area contributed by atoms with Crippen molar-refractivity contribution in [3.63, 3.8) is 0 Å². The van der Waals surface area contributed by atoms with E-state index in [4.69, 9.17) is 9.47 Å². The number of hydrogen-bond donors (Lipinski definition) is 0. The van der Waals surface area contributed by atoms with Crippen molar-refractivity contribution < 1.29 is 28.7 Å². The summed E-state index contributed by atoms with van der Waals surface area (Å²) in [6.45, 7) is 4.22. The molecule has 0 radical (unpaired) electrons. The van der Waals surface area contributed by atoms with Crippen molar-refractivity contribution in [1.82, 2.24) is 14.7 Å². The van der Waals surface area contributed by atoms with Crippen molar-refractivity contribution in [2.75, 3.05) is 53.0 Å². The first-order valence-corrected chi connectivity index (χ1v) is 12.5. The van der Waals surface area contributed by atoms with Gasteiger partial charge in [0.05, 0.1) is 38.0 Å². The van der Waals surface area contributed by atoms with E-state index in [1.165, 1.54) is 4.90 Å². The minimum atomic E-state index is -0.325. The normalized spacial score (nSPS) is 20.2. The van der Waals surface area contributed by atoms with Crippen LogP contribution >= 0.6 is 0 Å². The largest absolute Gasteiger partial charge is 0.493 e. The second-order valence-corrected chi connectivity index (χ2v) is 9.22. The van der Waals surface area contributed by atoms with Gasteiger partial charge in [0.2, 0.25) is 17.7 Å². The minimum Gasteiger partial charge on any atom is -0.493 e. The molecule has 3 rings (SSSR count). The Morgan fingerprint density at radius 1 is 0.943 bits per heavy atom. The lowest BCUT2D eigenvalue weighted by molar-refractivity contribution is -0.152. The Bertz CT molecular complexity index is 877. The second-order valence-electron chi connectivity index (χ2n) is 9.22. The third-order valence-electron chi connectivity index (χ3n) is 6.59. The van der Waals surface area contributed by atoms with E-state index in [0.717, 1.165) is 18.6 Å². The lowest BCUT2D eigenvalue weighted by Crippen LogP contribution is -2.50. The molecule has 0 N–H and O–H groups in total. The van der Waals surface area contributed by atoms with Crippen molar-refractivity contribution in [3.05, 3.63) is 30.3 Å². The quantitative estimate of drug-likeness (QED) is 0.494. The molecule has 192 valence electrons. The van der Waals surface area contributed by atoms with Gasteiger partial charge in [-0.3, -0.25) is 19.2 Å². The number of likely N-dealkylation sites (tertiary alicyclic amines) is 2. The Hall–Kier alpha value is -3.10. The Morgan fingerprint density at radius 3 is 2.26 bits per heavy atom. The van der Waals surface area contributed by atoms with Crippen LogP contribution in [0, 0.1) is 11.8 Å². The number of carbonyl (C=O) groups is 4. The molecule has 0 aromatic heterocycles. The fraction of sp³-hybridized carbons (Fsp3) is 0.615. The Labute approximate surface area is 207 Å². The van der Waals surface area contributed by atoms with Gasteiger partial charge in [0.25, 0.3) is 0 Å². The molecule has 35 heavy (non-hydrogen) atoms. The van der Waals surface area contributed by atoms with Crippen LogP contribution in [0.4, 0.5) is 0 Å². The zero-order valence-corrected chi connectivity index (χ0v) is 20.8. The van der Waals surface area contributed by atoms with Crippen LogP contribution in [-0.2, 0) is 23.9 Å². The van der Waals surface area contributed by atoms with Crippen LogP contribution < -0.4 is 4.74 Å². The maximum absolute atomic E-state index is 13.1. The summed E-state index contributed by atoms with van der Waals surface area (Å²) in [6.07, 6.45) is 3.13. The summed E-state index contributed by atoms with van der Waals surface area (Å²) in [5.41, 5.74) is 0. The maximum atomic E-state index is 13.1. The third kappa shape index (κ3) is 7.70. The molecule has 1 aromatic rings. The van der Waals surface area contributed by atoms with Crippen molar-refractivity contribution in [3.8, 4) is 5.75 Å². The number of piperidine rings is 2. The number of amides is 3. The lowest BCUT2D eigenvalue weighted by Gasteiger charge is -2.35. The molecule has 2 saturated heterocycles. The van der Waals surface area contributed by atoms with E-state index in [2.05, 4.69) is 0 Å². The maximum Gasteiger partial charge on any atom is 0.310 e. The molecule has 2 unspecified atom stereocenters. The number of hydrogen-bond acceptors (Lipinski definition) is 6. The molecular weight excluding hydrogens is 450 g/mol. The number of carbonyl (C=O) groups excluding carboxylic acids is 4. The van der Waals surface area contributed by atoms with Gasteiger partial charge in [-0.05, 0) is 44.7 Å². The predicted octanol–water partition coefficient (Wildman–Crippen LogP) is 1.95. The van der Waals surface area contributed by atoms with Gasteiger partial charge in [0, 0.05) is 33.2 Å². The summed E-state index contributed by atoms with van der Waals surface area (Å²) in [4.78, 5) is 55.4. The van der Waals surface area contributed by atoms with Crippen LogP contribution in [0.3, 0.4) is 0 Å². The van der Waals surface area contributed by atoms with Gasteiger partial charge in [-0.25, -0.2) is 0 Å². The predicted molar refractivity (Wildman–Crippen MR) is 129 cm³/mol. The van der Waals surface area contributed by atoms with Crippen LogP contribution in [-0.4, -0.2) is 91.4 Å². The summed E-state index contributed by atoms with van der Waals surface area (Å²) >= 11 is 0. The van der Waals surface area contributed by atoms with Crippen molar-refractivity contribution >= 4 is 23.7 Å². The second kappa shape index (κ2) is 13.1. The van der Waals surface area contributed by atoms with E-state index in [-0.39, 0.29) is 55.1 Å². The molecule has 2 aliphatic heterocycles. The topological polar surface area (TPSA) is 96.5 Å². The molecule has 0 aliphatic carbocycles. The molecule has 0 spiro atoms. The molecule has 9 nitrogen and oxygen atoms in total. The highest BCUT2D eigenvalue weighted by Crippen LogP contribution is 2.21. The average Bonchev–Trinajstić information content (AvgIpc) is 2.89. The lowest BCUT2D eigenvalue weighted by atomic mass is 9.96. The summed E-state index contributed by atoms with van der Waals surface area (Å²) in [5.74, 6) is -0.509. The Balaban J connectivity index is 1.45. The van der Waals surface area contributed by atoms with Crippen LogP contribution in [0.1, 0.15) is 39.0 Å². The van der Waals surface area contributed by atoms with Crippen LogP contribution in [0.25, 0.3) is 0 Å². The van der Waals surface area contributed by atoms with E-state index in [0.29, 0.717) is 45.6 Å². The number of esters is 1. The Kier molecular flexibility index (Phi) is 9.93. The summed E-state index contributed by atoms with van der Waals surface area (Å²) in [6, 6.07) is 9.35. The van der Waals surface area contributed by atoms with E-state index >= 15 is 0 Å². The molecule has 1 aromatic carbocycles. The highest BCUT2D eigenvalue weighted by molar-refractivity contribution is 5.87. The Morgan fingerprint density at radius 2 is 1.57 bits per heavy atom. The fourth-order valence-corrected chi connectivity index (χ4v) is 4.68. The van der Waals surface area contributed by atoms with Crippen molar-refractivity contribution in [1.29, 1.82) is 0 Å². The van der Waals surface area contributed by atoms with Crippen LogP contribution in [0.15, 0.2) is 30.3 Å². The molecular formula is C26H37N3O6. The van der Waals surface area contributed by atoms with E-state index < -0.39 is 0 Å².